The summed E-state index contributed by atoms with van der Waals surface area (Å²) in [6.07, 6.45) is 2.04. The minimum atomic E-state index is -3.57. The molecule has 0 spiro atoms. The molecular weight excluding hydrogens is 386 g/mol. The van der Waals surface area contributed by atoms with Crippen LogP contribution < -0.4 is 5.32 Å². The average Bonchev–Trinajstić information content (AvgIpc) is 2.74. The first-order valence-corrected chi connectivity index (χ1v) is 11.6. The van der Waals surface area contributed by atoms with Crippen molar-refractivity contribution in [3.63, 3.8) is 0 Å². The monoisotopic (exact) mass is 415 g/mol. The predicted molar refractivity (Wildman–Crippen MR) is 116 cm³/mol. The summed E-state index contributed by atoms with van der Waals surface area (Å²) in [5.74, 6) is -0.251. The van der Waals surface area contributed by atoms with Crippen LogP contribution in [0.25, 0.3) is 0 Å². The number of aryl methyl sites for hydroxylation is 1. The number of nitrogens with one attached hydrogen (secondary N) is 1. The van der Waals surface area contributed by atoms with E-state index in [4.69, 9.17) is 0 Å². The number of carbonyl (C=O) groups excluding carboxylic acids is 1. The summed E-state index contributed by atoms with van der Waals surface area (Å²) < 4.78 is 27.5. The van der Waals surface area contributed by atoms with E-state index in [1.54, 1.807) is 30.3 Å². The Morgan fingerprint density at radius 3 is 2.31 bits per heavy atom. The van der Waals surface area contributed by atoms with Crippen LogP contribution in [0.5, 0.6) is 0 Å². The molecule has 7 heteroatoms. The molecule has 156 valence electrons. The number of carbonyl (C=O) groups is 1. The summed E-state index contributed by atoms with van der Waals surface area (Å²) in [4.78, 5) is 15.0. The molecule has 0 atom stereocenters. The maximum atomic E-state index is 13.0. The topological polar surface area (TPSA) is 69.7 Å². The van der Waals surface area contributed by atoms with E-state index in [0.717, 1.165) is 32.5 Å². The second-order valence-electron chi connectivity index (χ2n) is 7.27. The van der Waals surface area contributed by atoms with Gasteiger partial charge in [0.2, 0.25) is 10.0 Å². The second kappa shape index (κ2) is 9.52. The highest BCUT2D eigenvalue weighted by atomic mass is 32.2. The molecule has 1 aliphatic rings. The number of rotatable bonds is 7. The highest BCUT2D eigenvalue weighted by Gasteiger charge is 2.28. The van der Waals surface area contributed by atoms with Crippen LogP contribution in [0.4, 0.5) is 5.69 Å². The molecule has 6 nitrogen and oxygen atoms in total. The van der Waals surface area contributed by atoms with Crippen LogP contribution in [0.15, 0.2) is 53.4 Å². The summed E-state index contributed by atoms with van der Waals surface area (Å²) in [5, 5.41) is 2.81. The van der Waals surface area contributed by atoms with E-state index in [9.17, 15) is 13.2 Å². The number of anilines is 1. The fourth-order valence-corrected chi connectivity index (χ4v) is 4.95. The van der Waals surface area contributed by atoms with Crippen LogP contribution in [-0.2, 0) is 16.4 Å². The number of sulfonamides is 1. The van der Waals surface area contributed by atoms with Crippen molar-refractivity contribution >= 4 is 21.6 Å². The summed E-state index contributed by atoms with van der Waals surface area (Å²) in [5.41, 5.74) is 2.22. The number of amides is 1. The SMILES string of the molecule is CCCc1ccc(C(=O)Nc2cccc(S(=O)(=O)N3CCN(CC)CC3)c2)cc1. The molecule has 1 amide bonds. The van der Waals surface area contributed by atoms with Gasteiger partial charge < -0.3 is 10.2 Å². The third-order valence-electron chi connectivity index (χ3n) is 5.26. The zero-order chi connectivity index (χ0) is 20.9. The van der Waals surface area contributed by atoms with Crippen LogP contribution >= 0.6 is 0 Å². The number of piperazine rings is 1. The maximum Gasteiger partial charge on any atom is 0.255 e. The number of nitrogens with zero attached hydrogens (tertiary/aromatic N) is 2. The zero-order valence-electron chi connectivity index (χ0n) is 17.1. The van der Waals surface area contributed by atoms with Crippen molar-refractivity contribution in [3.05, 3.63) is 59.7 Å². The smallest absolute Gasteiger partial charge is 0.255 e. The molecule has 2 aromatic rings. The lowest BCUT2D eigenvalue weighted by atomic mass is 10.1. The standard InChI is InChI=1S/C22H29N3O3S/c1-3-6-18-9-11-19(12-10-18)22(26)23-20-7-5-8-21(17-20)29(27,28)25-15-13-24(4-2)14-16-25/h5,7-12,17H,3-4,6,13-16H2,1-2H3,(H,23,26). The molecule has 1 aliphatic heterocycles. The minimum absolute atomic E-state index is 0.207. The zero-order valence-corrected chi connectivity index (χ0v) is 17.9. The van der Waals surface area contributed by atoms with Crippen molar-refractivity contribution in [2.24, 2.45) is 0 Å². The summed E-state index contributed by atoms with van der Waals surface area (Å²) >= 11 is 0. The molecule has 0 radical (unpaired) electrons. The lowest BCUT2D eigenvalue weighted by Gasteiger charge is -2.33. The van der Waals surface area contributed by atoms with Crippen molar-refractivity contribution in [2.45, 2.75) is 31.6 Å². The van der Waals surface area contributed by atoms with E-state index in [-0.39, 0.29) is 10.8 Å². The number of benzene rings is 2. The van der Waals surface area contributed by atoms with Gasteiger partial charge in [-0.1, -0.05) is 38.5 Å². The second-order valence-corrected chi connectivity index (χ2v) is 9.21. The van der Waals surface area contributed by atoms with Crippen molar-refractivity contribution in [1.29, 1.82) is 0 Å². The Morgan fingerprint density at radius 1 is 1.00 bits per heavy atom. The molecule has 1 N–H and O–H groups in total. The highest BCUT2D eigenvalue weighted by molar-refractivity contribution is 7.89. The van der Waals surface area contributed by atoms with Gasteiger partial charge in [-0.2, -0.15) is 4.31 Å². The van der Waals surface area contributed by atoms with E-state index in [2.05, 4.69) is 24.1 Å². The van der Waals surface area contributed by atoms with Crippen LogP contribution in [-0.4, -0.2) is 56.3 Å². The van der Waals surface area contributed by atoms with Gasteiger partial charge in [-0.15, -0.1) is 0 Å². The largest absolute Gasteiger partial charge is 0.322 e. The Hall–Kier alpha value is -2.22. The molecule has 3 rings (SSSR count). The van der Waals surface area contributed by atoms with E-state index >= 15 is 0 Å². The van der Waals surface area contributed by atoms with Crippen LogP contribution in [0, 0.1) is 0 Å². The number of hydrogen-bond donors (Lipinski definition) is 1. The molecule has 1 fully saturated rings. The Kier molecular flexibility index (Phi) is 7.05. The third-order valence-corrected chi connectivity index (χ3v) is 7.16. The van der Waals surface area contributed by atoms with E-state index in [0.29, 0.717) is 24.3 Å². The molecule has 0 unspecified atom stereocenters. The predicted octanol–water partition coefficient (Wildman–Crippen LogP) is 3.22. The molecule has 0 aliphatic carbocycles. The minimum Gasteiger partial charge on any atom is -0.322 e. The van der Waals surface area contributed by atoms with Gasteiger partial charge in [-0.05, 0) is 48.9 Å². The lowest BCUT2D eigenvalue weighted by Crippen LogP contribution is -2.48. The van der Waals surface area contributed by atoms with E-state index in [1.165, 1.54) is 15.9 Å². The van der Waals surface area contributed by atoms with Gasteiger partial charge in [-0.25, -0.2) is 8.42 Å². The first kappa shape index (κ1) is 21.5. The Bertz CT molecular complexity index is 934. The molecule has 29 heavy (non-hydrogen) atoms. The molecule has 2 aromatic carbocycles. The van der Waals surface area contributed by atoms with Crippen LogP contribution in [0.2, 0.25) is 0 Å². The van der Waals surface area contributed by atoms with E-state index in [1.807, 2.05) is 12.1 Å². The van der Waals surface area contributed by atoms with Crippen LogP contribution in [0.3, 0.4) is 0 Å². The fourth-order valence-electron chi connectivity index (χ4n) is 3.48. The third kappa shape index (κ3) is 5.23. The Labute approximate surface area is 173 Å². The van der Waals surface area contributed by atoms with Crippen molar-refractivity contribution in [1.82, 2.24) is 9.21 Å². The summed E-state index contributed by atoms with van der Waals surface area (Å²) in [6.45, 7) is 7.56. The van der Waals surface area contributed by atoms with Gasteiger partial charge in [0, 0.05) is 37.4 Å². The molecule has 0 bridgehead atoms. The number of hydrogen-bond acceptors (Lipinski definition) is 4. The Balaban J connectivity index is 1.71. The fraction of sp³-hybridized carbons (Fsp3) is 0.409. The molecular formula is C22H29N3O3S. The molecule has 1 saturated heterocycles. The lowest BCUT2D eigenvalue weighted by molar-refractivity contribution is 0.102. The first-order valence-electron chi connectivity index (χ1n) is 10.2. The van der Waals surface area contributed by atoms with Gasteiger partial charge in [0.05, 0.1) is 4.90 Å². The molecule has 0 aromatic heterocycles. The Morgan fingerprint density at radius 2 is 1.69 bits per heavy atom. The average molecular weight is 416 g/mol. The van der Waals surface area contributed by atoms with E-state index < -0.39 is 10.0 Å². The normalized spacial score (nSPS) is 15.9. The van der Waals surface area contributed by atoms with Gasteiger partial charge >= 0.3 is 0 Å². The van der Waals surface area contributed by atoms with Crippen LogP contribution in [0.1, 0.15) is 36.2 Å². The molecule has 1 heterocycles. The van der Waals surface area contributed by atoms with Gasteiger partial charge in [-0.3, -0.25) is 4.79 Å². The number of likely N-dealkylation sites (N-methyl/N-ethyl adjacent to an activating group) is 1. The first-order chi connectivity index (χ1) is 13.9. The van der Waals surface area contributed by atoms with Gasteiger partial charge in [0.15, 0.2) is 0 Å². The quantitative estimate of drug-likeness (QED) is 0.754. The summed E-state index contributed by atoms with van der Waals surface area (Å²) in [7, 11) is -3.57. The highest BCUT2D eigenvalue weighted by Crippen LogP contribution is 2.21. The van der Waals surface area contributed by atoms with Gasteiger partial charge in [0.25, 0.3) is 5.91 Å². The summed E-state index contributed by atoms with van der Waals surface area (Å²) in [6, 6.07) is 14.0. The van der Waals surface area contributed by atoms with Crippen molar-refractivity contribution < 1.29 is 13.2 Å². The maximum absolute atomic E-state index is 13.0. The van der Waals surface area contributed by atoms with Gasteiger partial charge in [0.1, 0.15) is 0 Å². The van der Waals surface area contributed by atoms with Crippen molar-refractivity contribution in [3.8, 4) is 0 Å². The molecule has 0 saturated carbocycles. The van der Waals surface area contributed by atoms with Crippen molar-refractivity contribution in [2.75, 3.05) is 38.0 Å².